The maximum Gasteiger partial charge on any atom is 0.417 e. The van der Waals surface area contributed by atoms with Crippen LogP contribution >= 0.6 is 0 Å². The number of nitriles is 1. The maximum absolute atomic E-state index is 13.9. The molecule has 0 radical (unpaired) electrons. The van der Waals surface area contributed by atoms with Crippen LogP contribution < -0.4 is 4.74 Å². The SMILES string of the molecule is C[C@]12C[C@@H](COc3ncncc3F)[C@](C)(O1)c1c2c(O)n(-c2ccc(C#N)c(C(F)(F)F)c2)c1O. The number of hydrogen-bond donors (Lipinski definition) is 2. The van der Waals surface area contributed by atoms with Gasteiger partial charge in [-0.1, -0.05) is 0 Å². The Morgan fingerprint density at radius 1 is 1.26 bits per heavy atom. The van der Waals surface area contributed by atoms with Crippen molar-refractivity contribution in [1.82, 2.24) is 14.5 Å². The standard InChI is InChI=1S/C23H18F4N4O4/c1-21-6-12(9-34-18-15(24)8-29-10-30-18)22(2,35-21)17-16(21)19(32)31(20(17)33)13-4-3-11(7-28)14(5-13)23(25,26)27/h3-5,8,10,12,32-33H,6,9H2,1-2H3/t12-,21+,22-/m0/s1. The lowest BCUT2D eigenvalue weighted by Crippen LogP contribution is -2.33. The summed E-state index contributed by atoms with van der Waals surface area (Å²) in [6.07, 6.45) is -2.41. The molecule has 8 nitrogen and oxygen atoms in total. The van der Waals surface area contributed by atoms with Crippen molar-refractivity contribution < 1.29 is 37.2 Å². The van der Waals surface area contributed by atoms with Gasteiger partial charge in [-0.15, -0.1) is 0 Å². The molecule has 0 spiro atoms. The number of alkyl halides is 3. The van der Waals surface area contributed by atoms with Gasteiger partial charge in [-0.25, -0.2) is 4.98 Å². The van der Waals surface area contributed by atoms with Crippen LogP contribution in [0, 0.1) is 23.1 Å². The minimum absolute atomic E-state index is 0.0417. The molecule has 12 heteroatoms. The third kappa shape index (κ3) is 3.22. The molecular formula is C23H18F4N4O4. The summed E-state index contributed by atoms with van der Waals surface area (Å²) in [5.74, 6) is -2.38. The molecule has 4 heterocycles. The lowest BCUT2D eigenvalue weighted by Gasteiger charge is -2.29. The normalized spacial score (nSPS) is 24.9. The predicted molar refractivity (Wildman–Crippen MR) is 110 cm³/mol. The van der Waals surface area contributed by atoms with Crippen molar-refractivity contribution in [3.8, 4) is 29.4 Å². The molecule has 35 heavy (non-hydrogen) atoms. The second-order valence-corrected chi connectivity index (χ2v) is 8.90. The molecule has 2 N–H and O–H groups in total. The smallest absolute Gasteiger partial charge is 0.417 e. The van der Waals surface area contributed by atoms with E-state index >= 15 is 0 Å². The minimum atomic E-state index is -4.82. The van der Waals surface area contributed by atoms with Gasteiger partial charge in [0, 0.05) is 5.92 Å². The first-order valence-corrected chi connectivity index (χ1v) is 10.5. The fourth-order valence-corrected chi connectivity index (χ4v) is 5.24. The van der Waals surface area contributed by atoms with Crippen LogP contribution in [0.2, 0.25) is 0 Å². The second-order valence-electron chi connectivity index (χ2n) is 8.90. The van der Waals surface area contributed by atoms with Crippen LogP contribution in [-0.4, -0.2) is 31.4 Å². The van der Waals surface area contributed by atoms with Gasteiger partial charge in [-0.05, 0) is 38.5 Å². The molecule has 3 atom stereocenters. The zero-order valence-corrected chi connectivity index (χ0v) is 18.4. The number of fused-ring (bicyclic) bond motifs is 5. The molecule has 0 unspecified atom stereocenters. The molecule has 1 aromatic carbocycles. The van der Waals surface area contributed by atoms with E-state index in [1.54, 1.807) is 13.8 Å². The number of ether oxygens (including phenoxy) is 2. The molecule has 2 bridgehead atoms. The summed E-state index contributed by atoms with van der Waals surface area (Å²) < 4.78 is 67.0. The van der Waals surface area contributed by atoms with E-state index in [2.05, 4.69) is 9.97 Å². The second kappa shape index (κ2) is 7.32. The highest BCUT2D eigenvalue weighted by atomic mass is 19.4. The van der Waals surface area contributed by atoms with Crippen LogP contribution in [0.4, 0.5) is 17.6 Å². The third-order valence-electron chi connectivity index (χ3n) is 6.74. The van der Waals surface area contributed by atoms with Gasteiger partial charge >= 0.3 is 6.18 Å². The average molecular weight is 490 g/mol. The van der Waals surface area contributed by atoms with Crippen molar-refractivity contribution in [2.75, 3.05) is 6.61 Å². The van der Waals surface area contributed by atoms with E-state index < -0.39 is 52.0 Å². The summed E-state index contributed by atoms with van der Waals surface area (Å²) in [5, 5.41) is 31.2. The Bertz CT molecular complexity index is 1400. The van der Waals surface area contributed by atoms with E-state index in [1.165, 1.54) is 12.1 Å². The molecule has 2 aliphatic rings. The van der Waals surface area contributed by atoms with Crippen molar-refractivity contribution in [1.29, 1.82) is 5.26 Å². The van der Waals surface area contributed by atoms with Gasteiger partial charge in [0.1, 0.15) is 11.9 Å². The summed E-state index contributed by atoms with van der Waals surface area (Å²) in [7, 11) is 0. The molecule has 2 aromatic heterocycles. The molecule has 0 saturated carbocycles. The molecular weight excluding hydrogens is 472 g/mol. The van der Waals surface area contributed by atoms with Gasteiger partial charge < -0.3 is 19.7 Å². The summed E-state index contributed by atoms with van der Waals surface area (Å²) >= 11 is 0. The van der Waals surface area contributed by atoms with Gasteiger partial charge in [0.2, 0.25) is 17.6 Å². The molecule has 0 aliphatic carbocycles. The summed E-state index contributed by atoms with van der Waals surface area (Å²) in [5.41, 5.74) is -3.79. The molecule has 5 rings (SSSR count). The van der Waals surface area contributed by atoms with E-state index in [-0.39, 0.29) is 29.3 Å². The topological polar surface area (TPSA) is 113 Å². The third-order valence-corrected chi connectivity index (χ3v) is 6.74. The Kier molecular flexibility index (Phi) is 4.79. The number of aromatic nitrogens is 3. The fraction of sp³-hybridized carbons (Fsp3) is 0.348. The minimum Gasteiger partial charge on any atom is -0.494 e. The lowest BCUT2D eigenvalue weighted by atomic mass is 9.73. The fourth-order valence-electron chi connectivity index (χ4n) is 5.24. The summed E-state index contributed by atoms with van der Waals surface area (Å²) in [6, 6.07) is 4.37. The molecule has 1 saturated heterocycles. The number of aromatic hydroxyl groups is 2. The average Bonchev–Trinajstić information content (AvgIpc) is 3.32. The Balaban J connectivity index is 1.57. The van der Waals surface area contributed by atoms with Crippen LogP contribution in [-0.2, 0) is 22.1 Å². The Hall–Kier alpha value is -3.85. The van der Waals surface area contributed by atoms with Gasteiger partial charge in [0.15, 0.2) is 0 Å². The molecule has 3 aromatic rings. The summed E-state index contributed by atoms with van der Waals surface area (Å²) in [4.78, 5) is 7.31. The zero-order chi connectivity index (χ0) is 25.3. The number of halogens is 4. The van der Waals surface area contributed by atoms with Crippen LogP contribution in [0.1, 0.15) is 42.5 Å². The number of rotatable bonds is 4. The van der Waals surface area contributed by atoms with E-state index in [0.29, 0.717) is 12.5 Å². The molecule has 182 valence electrons. The first-order valence-electron chi connectivity index (χ1n) is 10.5. The van der Waals surface area contributed by atoms with Crippen molar-refractivity contribution >= 4 is 0 Å². The van der Waals surface area contributed by atoms with E-state index in [9.17, 15) is 27.8 Å². The number of benzene rings is 1. The van der Waals surface area contributed by atoms with E-state index in [0.717, 1.165) is 23.2 Å². The number of hydrogen-bond acceptors (Lipinski definition) is 7. The Morgan fingerprint density at radius 2 is 1.97 bits per heavy atom. The van der Waals surface area contributed by atoms with Crippen molar-refractivity contribution in [2.45, 2.75) is 37.6 Å². The van der Waals surface area contributed by atoms with Crippen molar-refractivity contribution in [2.24, 2.45) is 5.92 Å². The largest absolute Gasteiger partial charge is 0.494 e. The quantitative estimate of drug-likeness (QED) is 0.525. The van der Waals surface area contributed by atoms with Crippen molar-refractivity contribution in [3.63, 3.8) is 0 Å². The maximum atomic E-state index is 13.9. The molecule has 0 amide bonds. The van der Waals surface area contributed by atoms with Crippen LogP contribution in [0.5, 0.6) is 17.6 Å². The van der Waals surface area contributed by atoms with Crippen molar-refractivity contribution in [3.05, 3.63) is 58.8 Å². The van der Waals surface area contributed by atoms with Crippen LogP contribution in [0.15, 0.2) is 30.7 Å². The van der Waals surface area contributed by atoms with Crippen LogP contribution in [0.25, 0.3) is 5.69 Å². The van der Waals surface area contributed by atoms with Gasteiger partial charge in [-0.2, -0.15) is 27.8 Å². The highest BCUT2D eigenvalue weighted by Crippen LogP contribution is 2.66. The highest BCUT2D eigenvalue weighted by molar-refractivity contribution is 5.62. The van der Waals surface area contributed by atoms with Gasteiger partial charge in [-0.3, -0.25) is 4.57 Å². The lowest BCUT2D eigenvalue weighted by molar-refractivity contribution is -0.137. The van der Waals surface area contributed by atoms with E-state index in [4.69, 9.17) is 14.7 Å². The first kappa shape index (κ1) is 22.9. The Labute approximate surface area is 196 Å². The monoisotopic (exact) mass is 490 g/mol. The van der Waals surface area contributed by atoms with Gasteiger partial charge in [0.25, 0.3) is 5.88 Å². The molecule has 2 aliphatic heterocycles. The first-order chi connectivity index (χ1) is 16.4. The zero-order valence-electron chi connectivity index (χ0n) is 18.4. The van der Waals surface area contributed by atoms with Gasteiger partial charge in [0.05, 0.1) is 52.4 Å². The number of nitrogens with zero attached hydrogens (tertiary/aromatic N) is 4. The molecule has 1 fully saturated rings. The highest BCUT2D eigenvalue weighted by Gasteiger charge is 2.64. The summed E-state index contributed by atoms with van der Waals surface area (Å²) in [6.45, 7) is 3.31. The Morgan fingerprint density at radius 3 is 2.63 bits per heavy atom. The van der Waals surface area contributed by atoms with Crippen LogP contribution in [0.3, 0.4) is 0 Å². The van der Waals surface area contributed by atoms with E-state index in [1.807, 2.05) is 0 Å². The predicted octanol–water partition coefficient (Wildman–Crippen LogP) is 4.27.